The van der Waals surface area contributed by atoms with Crippen LogP contribution in [0.25, 0.3) is 17.0 Å². The van der Waals surface area contributed by atoms with Gasteiger partial charge in [0.15, 0.2) is 11.3 Å². The Morgan fingerprint density at radius 3 is 2.84 bits per heavy atom. The Morgan fingerprint density at radius 2 is 2.08 bits per heavy atom. The molecule has 3 rings (SSSR count). The van der Waals surface area contributed by atoms with Gasteiger partial charge in [0.2, 0.25) is 0 Å². The molecule has 0 spiro atoms. The van der Waals surface area contributed by atoms with Crippen LogP contribution < -0.4 is 10.2 Å². The molecule has 5 heteroatoms. The molecule has 0 unspecified atom stereocenters. The maximum absolute atomic E-state index is 12.5. The SMILES string of the molecule is COc1cccc2cc(/C=C/C(=O)n3ccccc3=NC(C)C)oc12. The van der Waals surface area contributed by atoms with E-state index in [1.165, 1.54) is 10.6 Å². The maximum Gasteiger partial charge on any atom is 0.256 e. The minimum Gasteiger partial charge on any atom is -0.493 e. The number of fused-ring (bicyclic) bond motifs is 1. The Balaban J connectivity index is 1.92. The fourth-order valence-corrected chi connectivity index (χ4v) is 2.52. The average Bonchev–Trinajstić information content (AvgIpc) is 3.02. The smallest absolute Gasteiger partial charge is 0.256 e. The molecular weight excluding hydrogens is 316 g/mol. The van der Waals surface area contributed by atoms with E-state index in [-0.39, 0.29) is 11.9 Å². The van der Waals surface area contributed by atoms with Crippen molar-refractivity contribution >= 4 is 23.0 Å². The highest BCUT2D eigenvalue weighted by Gasteiger charge is 2.07. The summed E-state index contributed by atoms with van der Waals surface area (Å²) >= 11 is 0. The Hall–Kier alpha value is -3.08. The van der Waals surface area contributed by atoms with Crippen molar-refractivity contribution in [3.8, 4) is 5.75 Å². The van der Waals surface area contributed by atoms with Crippen molar-refractivity contribution in [3.63, 3.8) is 0 Å². The lowest BCUT2D eigenvalue weighted by Crippen LogP contribution is -2.26. The molecule has 0 aliphatic rings. The monoisotopic (exact) mass is 336 g/mol. The summed E-state index contributed by atoms with van der Waals surface area (Å²) < 4.78 is 12.6. The summed E-state index contributed by atoms with van der Waals surface area (Å²) in [5.41, 5.74) is 1.29. The first-order chi connectivity index (χ1) is 12.1. The second-order valence-corrected chi connectivity index (χ2v) is 5.85. The number of carbonyl (C=O) groups is 1. The topological polar surface area (TPSA) is 56.7 Å². The van der Waals surface area contributed by atoms with Crippen LogP contribution in [0.1, 0.15) is 24.4 Å². The molecule has 1 aromatic carbocycles. The van der Waals surface area contributed by atoms with Gasteiger partial charge in [0.1, 0.15) is 11.2 Å². The number of ether oxygens (including phenoxy) is 1. The van der Waals surface area contributed by atoms with Gasteiger partial charge in [-0.2, -0.15) is 0 Å². The highest BCUT2D eigenvalue weighted by atomic mass is 16.5. The molecule has 2 aromatic heterocycles. The molecule has 0 radical (unpaired) electrons. The molecule has 0 amide bonds. The Labute approximate surface area is 145 Å². The Morgan fingerprint density at radius 1 is 1.24 bits per heavy atom. The summed E-state index contributed by atoms with van der Waals surface area (Å²) in [6.45, 7) is 3.94. The van der Waals surface area contributed by atoms with Crippen molar-refractivity contribution in [2.24, 2.45) is 4.99 Å². The van der Waals surface area contributed by atoms with Gasteiger partial charge in [0.25, 0.3) is 5.91 Å². The van der Waals surface area contributed by atoms with Crippen LogP contribution in [0.4, 0.5) is 0 Å². The largest absolute Gasteiger partial charge is 0.493 e. The van der Waals surface area contributed by atoms with E-state index in [0.717, 1.165) is 5.39 Å². The molecule has 0 aliphatic carbocycles. The van der Waals surface area contributed by atoms with Crippen molar-refractivity contribution in [1.29, 1.82) is 0 Å². The minimum absolute atomic E-state index is 0.105. The number of pyridine rings is 1. The lowest BCUT2D eigenvalue weighted by atomic mass is 10.2. The first-order valence-electron chi connectivity index (χ1n) is 8.09. The molecular formula is C20H20N2O3. The maximum atomic E-state index is 12.5. The van der Waals surface area contributed by atoms with Crippen molar-refractivity contribution in [3.05, 3.63) is 66.0 Å². The zero-order valence-corrected chi connectivity index (χ0v) is 14.5. The number of rotatable bonds is 4. The number of nitrogens with zero attached hydrogens (tertiary/aromatic N) is 2. The van der Waals surface area contributed by atoms with Gasteiger partial charge in [-0.25, -0.2) is 0 Å². The van der Waals surface area contributed by atoms with E-state index in [2.05, 4.69) is 4.99 Å². The number of benzene rings is 1. The summed E-state index contributed by atoms with van der Waals surface area (Å²) in [6.07, 6.45) is 4.83. The fraction of sp³-hybridized carbons (Fsp3) is 0.200. The average molecular weight is 336 g/mol. The third-order valence-corrected chi connectivity index (χ3v) is 3.60. The van der Waals surface area contributed by atoms with Crippen molar-refractivity contribution in [1.82, 2.24) is 4.57 Å². The quantitative estimate of drug-likeness (QED) is 0.679. The Bertz CT molecular complexity index is 993. The van der Waals surface area contributed by atoms with Crippen LogP contribution in [-0.2, 0) is 0 Å². The first kappa shape index (κ1) is 16.8. The third kappa shape index (κ3) is 3.71. The van der Waals surface area contributed by atoms with E-state index >= 15 is 0 Å². The second-order valence-electron chi connectivity index (χ2n) is 5.85. The summed E-state index contributed by atoms with van der Waals surface area (Å²) in [5.74, 6) is 1.07. The number of hydrogen-bond donors (Lipinski definition) is 0. The van der Waals surface area contributed by atoms with Gasteiger partial charge in [-0.3, -0.25) is 14.4 Å². The first-order valence-corrected chi connectivity index (χ1v) is 8.09. The Kier molecular flexibility index (Phi) is 4.84. The molecule has 5 nitrogen and oxygen atoms in total. The normalized spacial score (nSPS) is 12.4. The number of methoxy groups -OCH3 is 1. The zero-order valence-electron chi connectivity index (χ0n) is 14.5. The van der Waals surface area contributed by atoms with Crippen LogP contribution in [0.15, 0.2) is 64.1 Å². The number of furan rings is 1. The van der Waals surface area contributed by atoms with E-state index < -0.39 is 0 Å². The summed E-state index contributed by atoms with van der Waals surface area (Å²) in [6, 6.07) is 13.1. The highest BCUT2D eigenvalue weighted by Crippen LogP contribution is 2.28. The predicted molar refractivity (Wildman–Crippen MR) is 97.6 cm³/mol. The molecule has 0 N–H and O–H groups in total. The van der Waals surface area contributed by atoms with Crippen molar-refractivity contribution in [2.75, 3.05) is 7.11 Å². The van der Waals surface area contributed by atoms with Crippen molar-refractivity contribution < 1.29 is 13.9 Å². The lowest BCUT2D eigenvalue weighted by Gasteiger charge is -2.03. The molecule has 0 saturated heterocycles. The molecule has 3 aromatic rings. The number of allylic oxidation sites excluding steroid dienone is 1. The summed E-state index contributed by atoms with van der Waals surface area (Å²) in [4.78, 5) is 17.0. The van der Waals surface area contributed by atoms with Gasteiger partial charge in [0, 0.05) is 23.7 Å². The molecule has 25 heavy (non-hydrogen) atoms. The molecule has 2 heterocycles. The molecule has 0 bridgehead atoms. The highest BCUT2D eigenvalue weighted by molar-refractivity contribution is 5.94. The van der Waals surface area contributed by atoms with E-state index in [4.69, 9.17) is 9.15 Å². The van der Waals surface area contributed by atoms with Crippen LogP contribution in [-0.4, -0.2) is 23.6 Å². The third-order valence-electron chi connectivity index (χ3n) is 3.60. The number of aromatic nitrogens is 1. The van der Waals surface area contributed by atoms with Gasteiger partial charge in [-0.05, 0) is 44.2 Å². The predicted octanol–water partition coefficient (Wildman–Crippen LogP) is 3.91. The van der Waals surface area contributed by atoms with Crippen LogP contribution in [0.3, 0.4) is 0 Å². The summed E-state index contributed by atoms with van der Waals surface area (Å²) in [7, 11) is 1.60. The molecule has 0 saturated carbocycles. The standard InChI is InChI=1S/C20H20N2O3/c1-14(2)21-18-9-4-5-12-22(18)19(23)11-10-16-13-15-7-6-8-17(24-3)20(15)25-16/h4-14H,1-3H3/b11-10+,21-18?. The van der Waals surface area contributed by atoms with E-state index in [1.807, 2.05) is 50.2 Å². The molecule has 0 fully saturated rings. The summed E-state index contributed by atoms with van der Waals surface area (Å²) in [5, 5.41) is 0.925. The van der Waals surface area contributed by atoms with Gasteiger partial charge in [0.05, 0.1) is 7.11 Å². The van der Waals surface area contributed by atoms with E-state index in [9.17, 15) is 4.79 Å². The van der Waals surface area contributed by atoms with E-state index in [0.29, 0.717) is 22.6 Å². The zero-order chi connectivity index (χ0) is 17.8. The molecule has 128 valence electrons. The minimum atomic E-state index is -0.188. The van der Waals surface area contributed by atoms with Gasteiger partial charge in [-0.1, -0.05) is 18.2 Å². The second kappa shape index (κ2) is 7.21. The van der Waals surface area contributed by atoms with Gasteiger partial charge >= 0.3 is 0 Å². The number of carbonyl (C=O) groups excluding carboxylic acids is 1. The van der Waals surface area contributed by atoms with Gasteiger partial charge < -0.3 is 9.15 Å². The van der Waals surface area contributed by atoms with E-state index in [1.54, 1.807) is 25.4 Å². The lowest BCUT2D eigenvalue weighted by molar-refractivity contribution is 0.0964. The molecule has 0 aliphatic heterocycles. The fourth-order valence-electron chi connectivity index (χ4n) is 2.52. The van der Waals surface area contributed by atoms with Crippen LogP contribution in [0, 0.1) is 0 Å². The van der Waals surface area contributed by atoms with Crippen LogP contribution >= 0.6 is 0 Å². The number of para-hydroxylation sites is 1. The van der Waals surface area contributed by atoms with Gasteiger partial charge in [-0.15, -0.1) is 0 Å². The van der Waals surface area contributed by atoms with Crippen LogP contribution in [0.2, 0.25) is 0 Å². The van der Waals surface area contributed by atoms with Crippen molar-refractivity contribution in [2.45, 2.75) is 19.9 Å². The molecule has 0 atom stereocenters. The van der Waals surface area contributed by atoms with Crippen LogP contribution in [0.5, 0.6) is 5.75 Å². The number of hydrogen-bond acceptors (Lipinski definition) is 4.